The fraction of sp³-hybridized carbons (Fsp3) is 0.300. The molecule has 5 atom stereocenters. The summed E-state index contributed by atoms with van der Waals surface area (Å²) >= 11 is 13.2. The third-order valence-electron chi connectivity index (χ3n) is 4.93. The highest BCUT2D eigenvalue weighted by atomic mass is 35.5. The largest absolute Gasteiger partial charge is 0.394 e. The molecule has 2 aromatic carbocycles. The summed E-state index contributed by atoms with van der Waals surface area (Å²) in [5, 5.41) is 40.2. The Morgan fingerprint density at radius 1 is 1.10 bits per heavy atom. The number of benzene rings is 2. The van der Waals surface area contributed by atoms with Gasteiger partial charge in [0.2, 0.25) is 0 Å². The number of halogens is 3. The molecule has 2 unspecified atom stereocenters. The number of aromatic nitrogens is 3. The van der Waals surface area contributed by atoms with Crippen LogP contribution in [0.1, 0.15) is 6.04 Å². The van der Waals surface area contributed by atoms with Crippen molar-refractivity contribution in [3.05, 3.63) is 64.5 Å². The highest BCUT2D eigenvalue weighted by Crippen LogP contribution is 2.39. The standard InChI is InChI=1S/C20H18Cl2FN3O4S/c21-13-5-4-12(7-14(13)22)31-20-19(29)17(18(28)16(9-27)30-20)26-8-15(24-25-26)10-2-1-3-11(23)6-10/h1-8,16-20,27-29H,9H2/t16?,17-,18-,19?,20+/m0/s1. The van der Waals surface area contributed by atoms with Gasteiger partial charge in [0.1, 0.15) is 41.3 Å². The molecule has 3 aromatic rings. The molecular weight excluding hydrogens is 468 g/mol. The van der Waals surface area contributed by atoms with Gasteiger partial charge in [-0.05, 0) is 30.3 Å². The van der Waals surface area contributed by atoms with Crippen LogP contribution in [0.15, 0.2) is 53.6 Å². The number of hydrogen-bond donors (Lipinski definition) is 3. The second-order valence-electron chi connectivity index (χ2n) is 6.99. The average molecular weight is 486 g/mol. The highest BCUT2D eigenvalue weighted by Gasteiger charge is 2.46. The van der Waals surface area contributed by atoms with Crippen molar-refractivity contribution in [2.45, 2.75) is 34.7 Å². The molecule has 0 radical (unpaired) electrons. The Morgan fingerprint density at radius 3 is 2.61 bits per heavy atom. The summed E-state index contributed by atoms with van der Waals surface area (Å²) in [5.41, 5.74) is 0.0342. The van der Waals surface area contributed by atoms with Crippen LogP contribution in [0.25, 0.3) is 11.3 Å². The lowest BCUT2D eigenvalue weighted by molar-refractivity contribution is -0.178. The molecule has 1 aliphatic rings. The van der Waals surface area contributed by atoms with Crippen LogP contribution in [0, 0.1) is 5.82 Å². The molecular formula is C20H18Cl2FN3O4S. The van der Waals surface area contributed by atoms with Gasteiger partial charge in [-0.2, -0.15) is 0 Å². The van der Waals surface area contributed by atoms with Crippen molar-refractivity contribution in [2.75, 3.05) is 6.61 Å². The van der Waals surface area contributed by atoms with Gasteiger partial charge in [0.05, 0.1) is 22.8 Å². The number of aliphatic hydroxyl groups is 3. The van der Waals surface area contributed by atoms with Gasteiger partial charge in [-0.25, -0.2) is 9.07 Å². The van der Waals surface area contributed by atoms with Crippen molar-refractivity contribution in [3.63, 3.8) is 0 Å². The first-order chi connectivity index (χ1) is 14.9. The van der Waals surface area contributed by atoms with Gasteiger partial charge in [0.15, 0.2) is 0 Å². The molecule has 0 bridgehead atoms. The minimum Gasteiger partial charge on any atom is -0.394 e. The fourth-order valence-electron chi connectivity index (χ4n) is 3.36. The van der Waals surface area contributed by atoms with Gasteiger partial charge >= 0.3 is 0 Å². The third kappa shape index (κ3) is 4.73. The topological polar surface area (TPSA) is 101 Å². The van der Waals surface area contributed by atoms with Gasteiger partial charge in [-0.1, -0.05) is 52.3 Å². The lowest BCUT2D eigenvalue weighted by Gasteiger charge is -2.41. The van der Waals surface area contributed by atoms with E-state index in [4.69, 9.17) is 27.9 Å². The number of aliphatic hydroxyl groups excluding tert-OH is 3. The molecule has 0 aliphatic carbocycles. The minimum atomic E-state index is -1.26. The summed E-state index contributed by atoms with van der Waals surface area (Å²) in [6, 6.07) is 9.88. The van der Waals surface area contributed by atoms with Crippen molar-refractivity contribution < 1.29 is 24.4 Å². The molecule has 3 N–H and O–H groups in total. The predicted octanol–water partition coefficient (Wildman–Crippen LogP) is 3.16. The number of rotatable bonds is 5. The molecule has 0 saturated carbocycles. The first-order valence-electron chi connectivity index (χ1n) is 9.29. The van der Waals surface area contributed by atoms with E-state index in [9.17, 15) is 19.7 Å². The predicted molar refractivity (Wildman–Crippen MR) is 115 cm³/mol. The van der Waals surface area contributed by atoms with E-state index in [-0.39, 0.29) is 0 Å². The van der Waals surface area contributed by atoms with Gasteiger partial charge in [0, 0.05) is 10.5 Å². The number of ether oxygens (including phenoxy) is 1. The molecule has 1 aromatic heterocycles. The molecule has 1 saturated heterocycles. The Morgan fingerprint density at radius 2 is 1.90 bits per heavy atom. The van der Waals surface area contributed by atoms with Gasteiger partial charge in [0.25, 0.3) is 0 Å². The Bertz CT molecular complexity index is 1070. The maximum atomic E-state index is 13.5. The van der Waals surface area contributed by atoms with E-state index >= 15 is 0 Å². The first kappa shape index (κ1) is 22.5. The van der Waals surface area contributed by atoms with Crippen LogP contribution in [-0.4, -0.2) is 60.7 Å². The molecule has 1 fully saturated rings. The molecule has 0 spiro atoms. The summed E-state index contributed by atoms with van der Waals surface area (Å²) in [5.74, 6) is -0.420. The summed E-state index contributed by atoms with van der Waals surface area (Å²) in [4.78, 5) is 0.685. The van der Waals surface area contributed by atoms with Crippen molar-refractivity contribution >= 4 is 35.0 Å². The molecule has 4 rings (SSSR count). The van der Waals surface area contributed by atoms with Crippen LogP contribution in [0.2, 0.25) is 10.0 Å². The number of nitrogens with zero attached hydrogens (tertiary/aromatic N) is 3. The van der Waals surface area contributed by atoms with Gasteiger partial charge in [-0.3, -0.25) is 0 Å². The molecule has 31 heavy (non-hydrogen) atoms. The molecule has 164 valence electrons. The Hall–Kier alpha value is -1.72. The van der Waals surface area contributed by atoms with Crippen LogP contribution in [0.5, 0.6) is 0 Å². The maximum absolute atomic E-state index is 13.5. The van der Waals surface area contributed by atoms with E-state index in [0.29, 0.717) is 26.2 Å². The zero-order valence-corrected chi connectivity index (χ0v) is 18.2. The fourth-order valence-corrected chi connectivity index (χ4v) is 4.83. The SMILES string of the molecule is OCC1O[C@H](Sc2ccc(Cl)c(Cl)c2)C(O)[C@@H](n2cc(-c3cccc(F)c3)nn2)[C@H]1O. The van der Waals surface area contributed by atoms with Crippen LogP contribution >= 0.6 is 35.0 Å². The summed E-state index contributed by atoms with van der Waals surface area (Å²) < 4.78 is 20.6. The van der Waals surface area contributed by atoms with E-state index in [0.717, 1.165) is 0 Å². The summed E-state index contributed by atoms with van der Waals surface area (Å²) in [6.07, 6.45) is -1.92. The Kier molecular flexibility index (Phi) is 6.83. The second kappa shape index (κ2) is 9.41. The summed E-state index contributed by atoms with van der Waals surface area (Å²) in [6.45, 7) is -0.464. The Labute approximate surface area is 191 Å². The monoisotopic (exact) mass is 485 g/mol. The Balaban J connectivity index is 1.62. The van der Waals surface area contributed by atoms with E-state index in [1.165, 1.54) is 34.8 Å². The van der Waals surface area contributed by atoms with Crippen LogP contribution in [-0.2, 0) is 4.74 Å². The minimum absolute atomic E-state index is 0.350. The van der Waals surface area contributed by atoms with Crippen molar-refractivity contribution in [1.82, 2.24) is 15.0 Å². The molecule has 11 heteroatoms. The van der Waals surface area contributed by atoms with E-state index < -0.39 is 42.2 Å². The van der Waals surface area contributed by atoms with E-state index in [1.807, 2.05) is 0 Å². The zero-order chi connectivity index (χ0) is 22.1. The molecule has 0 amide bonds. The molecule has 7 nitrogen and oxygen atoms in total. The van der Waals surface area contributed by atoms with Crippen LogP contribution in [0.4, 0.5) is 4.39 Å². The number of thioether (sulfide) groups is 1. The maximum Gasteiger partial charge on any atom is 0.136 e. The molecule has 1 aliphatic heterocycles. The first-order valence-corrected chi connectivity index (χ1v) is 10.9. The summed E-state index contributed by atoms with van der Waals surface area (Å²) in [7, 11) is 0. The van der Waals surface area contributed by atoms with Crippen LogP contribution < -0.4 is 0 Å². The number of hydrogen-bond acceptors (Lipinski definition) is 7. The molecule has 2 heterocycles. The van der Waals surface area contributed by atoms with E-state index in [1.54, 1.807) is 30.3 Å². The van der Waals surface area contributed by atoms with Crippen molar-refractivity contribution in [1.29, 1.82) is 0 Å². The average Bonchev–Trinajstić information content (AvgIpc) is 3.22. The zero-order valence-electron chi connectivity index (χ0n) is 15.8. The van der Waals surface area contributed by atoms with Gasteiger partial charge in [-0.15, -0.1) is 5.10 Å². The quantitative estimate of drug-likeness (QED) is 0.510. The van der Waals surface area contributed by atoms with Crippen molar-refractivity contribution in [2.24, 2.45) is 0 Å². The van der Waals surface area contributed by atoms with Crippen molar-refractivity contribution in [3.8, 4) is 11.3 Å². The lowest BCUT2D eigenvalue weighted by atomic mass is 9.97. The smallest absolute Gasteiger partial charge is 0.136 e. The third-order valence-corrected chi connectivity index (χ3v) is 6.82. The highest BCUT2D eigenvalue weighted by molar-refractivity contribution is 7.99. The normalized spacial score (nSPS) is 26.2. The van der Waals surface area contributed by atoms with Gasteiger partial charge < -0.3 is 20.1 Å². The lowest BCUT2D eigenvalue weighted by Crippen LogP contribution is -2.55. The van der Waals surface area contributed by atoms with Crippen LogP contribution in [0.3, 0.4) is 0 Å². The van der Waals surface area contributed by atoms with E-state index in [2.05, 4.69) is 10.3 Å². The second-order valence-corrected chi connectivity index (χ2v) is 8.97.